The van der Waals surface area contributed by atoms with Gasteiger partial charge in [-0.3, -0.25) is 4.90 Å². The number of hydrogen-bond donors (Lipinski definition) is 1. The van der Waals surface area contributed by atoms with Crippen molar-refractivity contribution in [1.29, 1.82) is 0 Å². The van der Waals surface area contributed by atoms with Gasteiger partial charge in [-0.05, 0) is 30.0 Å². The van der Waals surface area contributed by atoms with Gasteiger partial charge in [0.25, 0.3) is 0 Å². The number of benzene rings is 1. The molecule has 0 spiro atoms. The number of nitrogens with zero attached hydrogens (tertiary/aromatic N) is 1. The van der Waals surface area contributed by atoms with Crippen molar-refractivity contribution in [2.75, 3.05) is 6.54 Å². The van der Waals surface area contributed by atoms with Crippen LogP contribution in [0.25, 0.3) is 0 Å². The predicted molar refractivity (Wildman–Crippen MR) is 71.5 cm³/mol. The van der Waals surface area contributed by atoms with Gasteiger partial charge in [-0.2, -0.15) is 13.2 Å². The topological polar surface area (TPSA) is 29.3 Å². The molecule has 1 aromatic carbocycles. The lowest BCUT2D eigenvalue weighted by molar-refractivity contribution is -0.148. The van der Waals surface area contributed by atoms with Crippen LogP contribution >= 0.6 is 15.9 Å². The van der Waals surface area contributed by atoms with E-state index >= 15 is 0 Å². The van der Waals surface area contributed by atoms with Gasteiger partial charge in [0.2, 0.25) is 0 Å². The highest BCUT2D eigenvalue weighted by atomic mass is 79.9. The van der Waals surface area contributed by atoms with Crippen LogP contribution in [0.3, 0.4) is 0 Å². The second-order valence-corrected chi connectivity index (χ2v) is 5.74. The van der Waals surface area contributed by atoms with Crippen LogP contribution in [0.2, 0.25) is 0 Å². The van der Waals surface area contributed by atoms with E-state index in [1.54, 1.807) is 0 Å². The fourth-order valence-electron chi connectivity index (χ4n) is 2.05. The van der Waals surface area contributed by atoms with Crippen molar-refractivity contribution in [2.24, 2.45) is 5.73 Å². The van der Waals surface area contributed by atoms with E-state index in [-0.39, 0.29) is 6.04 Å². The van der Waals surface area contributed by atoms with Crippen molar-refractivity contribution in [1.82, 2.24) is 4.90 Å². The van der Waals surface area contributed by atoms with Crippen LogP contribution < -0.4 is 5.73 Å². The number of hydrogen-bond acceptors (Lipinski definition) is 2. The highest BCUT2D eigenvalue weighted by molar-refractivity contribution is 9.10. The second-order valence-electron chi connectivity index (χ2n) is 4.88. The summed E-state index contributed by atoms with van der Waals surface area (Å²) in [4.78, 5) is 1.50. The highest BCUT2D eigenvalue weighted by Gasteiger charge is 2.38. The molecule has 2 rings (SSSR count). The van der Waals surface area contributed by atoms with Crippen LogP contribution in [0.4, 0.5) is 13.2 Å². The minimum Gasteiger partial charge on any atom is -0.326 e. The third-order valence-corrected chi connectivity index (χ3v) is 3.91. The largest absolute Gasteiger partial charge is 0.401 e. The smallest absolute Gasteiger partial charge is 0.326 e. The first-order valence-corrected chi connectivity index (χ1v) is 6.96. The zero-order valence-electron chi connectivity index (χ0n) is 10.4. The first-order valence-electron chi connectivity index (χ1n) is 6.17. The van der Waals surface area contributed by atoms with E-state index in [1.807, 2.05) is 18.2 Å². The van der Waals surface area contributed by atoms with E-state index in [0.29, 0.717) is 13.1 Å². The molecule has 0 amide bonds. The minimum absolute atomic E-state index is 0.0720. The Morgan fingerprint density at radius 2 is 2.00 bits per heavy atom. The summed E-state index contributed by atoms with van der Waals surface area (Å²) in [5, 5.41) is 0. The molecule has 1 fully saturated rings. The normalized spacial score (nSPS) is 16.1. The molecule has 0 saturated heterocycles. The van der Waals surface area contributed by atoms with Gasteiger partial charge in [0, 0.05) is 23.6 Å². The quantitative estimate of drug-likeness (QED) is 0.892. The zero-order valence-corrected chi connectivity index (χ0v) is 12.0. The lowest BCUT2D eigenvalue weighted by atomic mass is 10.1. The third kappa shape index (κ3) is 4.47. The summed E-state index contributed by atoms with van der Waals surface area (Å²) in [5.74, 6) is 0. The van der Waals surface area contributed by atoms with E-state index < -0.39 is 12.7 Å². The van der Waals surface area contributed by atoms with Gasteiger partial charge < -0.3 is 5.73 Å². The first-order chi connectivity index (χ1) is 8.89. The number of halogens is 4. The molecule has 1 aliphatic rings. The van der Waals surface area contributed by atoms with Crippen molar-refractivity contribution in [3.8, 4) is 0 Å². The second kappa shape index (κ2) is 5.81. The molecule has 106 valence electrons. The molecule has 0 bridgehead atoms. The van der Waals surface area contributed by atoms with Crippen molar-refractivity contribution in [3.63, 3.8) is 0 Å². The summed E-state index contributed by atoms with van der Waals surface area (Å²) in [7, 11) is 0. The van der Waals surface area contributed by atoms with Crippen LogP contribution in [0, 0.1) is 0 Å². The Hall–Kier alpha value is -0.590. The van der Waals surface area contributed by atoms with E-state index in [1.165, 1.54) is 4.90 Å². The summed E-state index contributed by atoms with van der Waals surface area (Å²) in [6, 6.07) is 5.65. The Bertz CT molecular complexity index is 444. The van der Waals surface area contributed by atoms with E-state index in [0.717, 1.165) is 28.4 Å². The van der Waals surface area contributed by atoms with Crippen molar-refractivity contribution in [2.45, 2.75) is 38.1 Å². The van der Waals surface area contributed by atoms with Crippen molar-refractivity contribution in [3.05, 3.63) is 33.8 Å². The Labute approximate surface area is 118 Å². The third-order valence-electron chi connectivity index (χ3n) is 3.17. The molecule has 0 heterocycles. The standard InChI is InChI=1S/C13H16BrF3N2/c14-12-5-9(6-18)1-2-10(12)7-19(11-3-4-11)8-13(15,16)17/h1-2,5,11H,3-4,6-8,18H2. The Kier molecular flexibility index (Phi) is 4.53. The molecular formula is C13H16BrF3N2. The highest BCUT2D eigenvalue weighted by Crippen LogP contribution is 2.32. The number of rotatable bonds is 5. The number of alkyl halides is 3. The summed E-state index contributed by atoms with van der Waals surface area (Å²) in [5.41, 5.74) is 7.36. The molecular weight excluding hydrogens is 321 g/mol. The molecule has 0 aliphatic heterocycles. The average molecular weight is 337 g/mol. The van der Waals surface area contributed by atoms with E-state index in [4.69, 9.17) is 5.73 Å². The van der Waals surface area contributed by atoms with Crippen LogP contribution in [-0.2, 0) is 13.1 Å². The summed E-state index contributed by atoms with van der Waals surface area (Å²) < 4.78 is 38.5. The summed E-state index contributed by atoms with van der Waals surface area (Å²) in [6.07, 6.45) is -2.44. The molecule has 1 aliphatic carbocycles. The first kappa shape index (κ1) is 14.8. The van der Waals surface area contributed by atoms with Gasteiger partial charge in [0.1, 0.15) is 0 Å². The lowest BCUT2D eigenvalue weighted by Gasteiger charge is -2.24. The molecule has 1 aromatic rings. The van der Waals surface area contributed by atoms with Crippen LogP contribution in [-0.4, -0.2) is 23.7 Å². The van der Waals surface area contributed by atoms with Gasteiger partial charge in [0.15, 0.2) is 0 Å². The number of nitrogens with two attached hydrogens (primary N) is 1. The molecule has 0 unspecified atom stereocenters. The molecule has 0 radical (unpaired) electrons. The molecule has 2 nitrogen and oxygen atoms in total. The van der Waals surface area contributed by atoms with Gasteiger partial charge in [-0.25, -0.2) is 0 Å². The maximum Gasteiger partial charge on any atom is 0.401 e. The maximum atomic E-state index is 12.5. The SMILES string of the molecule is NCc1ccc(CN(CC(F)(F)F)C2CC2)c(Br)c1. The Morgan fingerprint density at radius 3 is 2.47 bits per heavy atom. The van der Waals surface area contributed by atoms with Crippen LogP contribution in [0.15, 0.2) is 22.7 Å². The molecule has 0 aromatic heterocycles. The predicted octanol–water partition coefficient (Wildman–Crippen LogP) is 3.43. The fourth-order valence-corrected chi connectivity index (χ4v) is 2.60. The summed E-state index contributed by atoms with van der Waals surface area (Å²) >= 11 is 3.40. The van der Waals surface area contributed by atoms with E-state index in [9.17, 15) is 13.2 Å². The minimum atomic E-state index is -4.15. The molecule has 2 N–H and O–H groups in total. The van der Waals surface area contributed by atoms with Crippen molar-refractivity contribution >= 4 is 15.9 Å². The van der Waals surface area contributed by atoms with Gasteiger partial charge in [-0.15, -0.1) is 0 Å². The van der Waals surface area contributed by atoms with Gasteiger partial charge >= 0.3 is 6.18 Å². The van der Waals surface area contributed by atoms with Gasteiger partial charge in [-0.1, -0.05) is 28.1 Å². The molecule has 6 heteroatoms. The van der Waals surface area contributed by atoms with Crippen LogP contribution in [0.5, 0.6) is 0 Å². The van der Waals surface area contributed by atoms with Crippen molar-refractivity contribution < 1.29 is 13.2 Å². The maximum absolute atomic E-state index is 12.5. The Morgan fingerprint density at radius 1 is 1.32 bits per heavy atom. The molecule has 1 saturated carbocycles. The van der Waals surface area contributed by atoms with Crippen LogP contribution in [0.1, 0.15) is 24.0 Å². The fraction of sp³-hybridized carbons (Fsp3) is 0.538. The monoisotopic (exact) mass is 336 g/mol. The van der Waals surface area contributed by atoms with Gasteiger partial charge in [0.05, 0.1) is 6.54 Å². The molecule has 19 heavy (non-hydrogen) atoms. The average Bonchev–Trinajstić information content (AvgIpc) is 3.12. The Balaban J connectivity index is 2.08. The lowest BCUT2D eigenvalue weighted by Crippen LogP contribution is -2.35. The molecule has 0 atom stereocenters. The van der Waals surface area contributed by atoms with E-state index in [2.05, 4.69) is 15.9 Å². The zero-order chi connectivity index (χ0) is 14.0. The summed E-state index contributed by atoms with van der Waals surface area (Å²) in [6.45, 7) is -0.105.